The molecule has 0 unspecified atom stereocenters. The van der Waals surface area contributed by atoms with Gasteiger partial charge in [-0.05, 0) is 12.1 Å². The minimum Gasteiger partial charge on any atom is -0.467 e. The number of nitrogens with zero attached hydrogens (tertiary/aromatic N) is 3. The molecule has 9 nitrogen and oxygen atoms in total. The average Bonchev–Trinajstić information content (AvgIpc) is 3.29. The predicted octanol–water partition coefficient (Wildman–Crippen LogP) is 0.905. The lowest BCUT2D eigenvalue weighted by Gasteiger charge is -2.14. The van der Waals surface area contributed by atoms with E-state index in [1.54, 1.807) is 17.0 Å². The van der Waals surface area contributed by atoms with Gasteiger partial charge in [-0.2, -0.15) is 0 Å². The number of ether oxygens (including phenoxy) is 1. The van der Waals surface area contributed by atoms with E-state index in [4.69, 9.17) is 4.42 Å². The fraction of sp³-hybridized carbons (Fsp3) is 0.357. The summed E-state index contributed by atoms with van der Waals surface area (Å²) >= 11 is 0.878. The van der Waals surface area contributed by atoms with Gasteiger partial charge in [-0.15, -0.1) is 5.10 Å². The molecule has 3 heterocycles. The van der Waals surface area contributed by atoms with Gasteiger partial charge in [-0.3, -0.25) is 9.59 Å². The third-order valence-corrected chi connectivity index (χ3v) is 4.26. The van der Waals surface area contributed by atoms with E-state index in [0.29, 0.717) is 12.3 Å². The maximum atomic E-state index is 12.4. The molecule has 0 radical (unpaired) electrons. The summed E-state index contributed by atoms with van der Waals surface area (Å²) < 4.78 is 13.4. The number of aromatic nitrogens is 2. The number of carbonyl (C=O) groups excluding carboxylic acids is 3. The van der Waals surface area contributed by atoms with Gasteiger partial charge < -0.3 is 19.4 Å². The van der Waals surface area contributed by atoms with E-state index in [1.165, 1.54) is 13.4 Å². The number of hydrogen-bond donors (Lipinski definition) is 1. The van der Waals surface area contributed by atoms with Crippen molar-refractivity contribution in [3.8, 4) is 0 Å². The third-order valence-electron chi connectivity index (χ3n) is 3.62. The van der Waals surface area contributed by atoms with E-state index in [1.807, 2.05) is 0 Å². The summed E-state index contributed by atoms with van der Waals surface area (Å²) in [6, 6.07) is 3.51. The third kappa shape index (κ3) is 3.27. The molecule has 1 aliphatic heterocycles. The Balaban J connectivity index is 1.63. The Kier molecular flexibility index (Phi) is 4.56. The van der Waals surface area contributed by atoms with Gasteiger partial charge >= 0.3 is 5.97 Å². The first-order valence-corrected chi connectivity index (χ1v) is 7.87. The lowest BCUT2D eigenvalue weighted by Crippen LogP contribution is -2.28. The van der Waals surface area contributed by atoms with Gasteiger partial charge in [0.05, 0.1) is 25.8 Å². The summed E-state index contributed by atoms with van der Waals surface area (Å²) in [6.07, 6.45) is 1.64. The van der Waals surface area contributed by atoms with Crippen molar-refractivity contribution in [3.63, 3.8) is 0 Å². The Morgan fingerprint density at radius 2 is 2.38 bits per heavy atom. The number of furan rings is 1. The van der Waals surface area contributed by atoms with Crippen LogP contribution in [0.4, 0.5) is 5.00 Å². The van der Waals surface area contributed by atoms with Crippen LogP contribution >= 0.6 is 11.5 Å². The molecular weight excluding hydrogens is 336 g/mol. The molecule has 1 atom stereocenters. The molecule has 2 aromatic heterocycles. The molecule has 126 valence electrons. The van der Waals surface area contributed by atoms with E-state index in [2.05, 4.69) is 19.6 Å². The van der Waals surface area contributed by atoms with Crippen molar-refractivity contribution >= 4 is 34.3 Å². The summed E-state index contributed by atoms with van der Waals surface area (Å²) in [6.45, 7) is 0.607. The van der Waals surface area contributed by atoms with Crippen LogP contribution in [0.1, 0.15) is 22.7 Å². The minimum atomic E-state index is -0.680. The van der Waals surface area contributed by atoms with E-state index in [0.717, 1.165) is 11.5 Å². The Hall–Kier alpha value is -2.75. The molecule has 3 rings (SSSR count). The summed E-state index contributed by atoms with van der Waals surface area (Å²) in [5.74, 6) is -1.02. The fourth-order valence-electron chi connectivity index (χ4n) is 2.41. The van der Waals surface area contributed by atoms with Crippen LogP contribution in [-0.2, 0) is 20.9 Å². The van der Waals surface area contributed by atoms with Crippen LogP contribution in [0.2, 0.25) is 0 Å². The van der Waals surface area contributed by atoms with Crippen molar-refractivity contribution in [2.24, 2.45) is 5.92 Å². The quantitative estimate of drug-likeness (QED) is 0.797. The molecule has 1 saturated heterocycles. The van der Waals surface area contributed by atoms with Crippen molar-refractivity contribution in [1.82, 2.24) is 14.5 Å². The Bertz CT molecular complexity index is 757. The molecule has 1 aliphatic rings. The zero-order valence-corrected chi connectivity index (χ0v) is 13.5. The molecule has 0 spiro atoms. The van der Waals surface area contributed by atoms with Gasteiger partial charge in [0.1, 0.15) is 5.76 Å². The fourth-order valence-corrected chi connectivity index (χ4v) is 2.97. The highest BCUT2D eigenvalue weighted by molar-refractivity contribution is 7.10. The van der Waals surface area contributed by atoms with Crippen LogP contribution in [0, 0.1) is 5.92 Å². The van der Waals surface area contributed by atoms with Gasteiger partial charge in [-0.25, -0.2) is 4.79 Å². The van der Waals surface area contributed by atoms with E-state index in [-0.39, 0.29) is 35.5 Å². The van der Waals surface area contributed by atoms with Gasteiger partial charge in [-0.1, -0.05) is 4.49 Å². The zero-order chi connectivity index (χ0) is 17.1. The van der Waals surface area contributed by atoms with Crippen LogP contribution in [0.25, 0.3) is 0 Å². The predicted molar refractivity (Wildman–Crippen MR) is 82.1 cm³/mol. The normalized spacial score (nSPS) is 17.1. The monoisotopic (exact) mass is 350 g/mol. The topological polar surface area (TPSA) is 115 Å². The second kappa shape index (κ2) is 6.79. The SMILES string of the molecule is COC(=O)c1nnsc1NC(=O)[C@@H]1CC(=O)N(Cc2ccco2)C1. The lowest BCUT2D eigenvalue weighted by molar-refractivity contribution is -0.128. The Morgan fingerprint density at radius 1 is 1.54 bits per heavy atom. The zero-order valence-electron chi connectivity index (χ0n) is 12.7. The first-order chi connectivity index (χ1) is 11.6. The Labute approximate surface area is 140 Å². The van der Waals surface area contributed by atoms with Crippen molar-refractivity contribution < 1.29 is 23.5 Å². The first kappa shape index (κ1) is 16.1. The maximum absolute atomic E-state index is 12.4. The standard InChI is InChI=1S/C14H14N4O5S/c1-22-14(21)11-13(24-17-16-11)15-12(20)8-5-10(19)18(6-8)7-9-3-2-4-23-9/h2-4,8H,5-7H2,1H3,(H,15,20)/t8-/m1/s1. The molecule has 0 bridgehead atoms. The van der Waals surface area contributed by atoms with E-state index >= 15 is 0 Å². The van der Waals surface area contributed by atoms with Crippen molar-refractivity contribution in [2.75, 3.05) is 19.0 Å². The van der Waals surface area contributed by atoms with Crippen LogP contribution in [-0.4, -0.2) is 45.9 Å². The number of esters is 1. The summed E-state index contributed by atoms with van der Waals surface area (Å²) in [4.78, 5) is 37.5. The van der Waals surface area contributed by atoms with Crippen LogP contribution in [0.15, 0.2) is 22.8 Å². The second-order valence-electron chi connectivity index (χ2n) is 5.19. The molecule has 1 N–H and O–H groups in total. The van der Waals surface area contributed by atoms with Crippen LogP contribution < -0.4 is 5.32 Å². The van der Waals surface area contributed by atoms with E-state index in [9.17, 15) is 14.4 Å². The van der Waals surface area contributed by atoms with Crippen LogP contribution in [0.3, 0.4) is 0 Å². The first-order valence-electron chi connectivity index (χ1n) is 7.10. The molecule has 24 heavy (non-hydrogen) atoms. The van der Waals surface area contributed by atoms with Crippen LogP contribution in [0.5, 0.6) is 0 Å². The van der Waals surface area contributed by atoms with Crippen molar-refractivity contribution in [1.29, 1.82) is 0 Å². The van der Waals surface area contributed by atoms with Crippen molar-refractivity contribution in [2.45, 2.75) is 13.0 Å². The number of nitrogens with one attached hydrogen (secondary N) is 1. The number of anilines is 1. The number of carbonyl (C=O) groups is 3. The number of methoxy groups -OCH3 is 1. The van der Waals surface area contributed by atoms with Gasteiger partial charge in [0.15, 0.2) is 5.00 Å². The Morgan fingerprint density at radius 3 is 3.08 bits per heavy atom. The highest BCUT2D eigenvalue weighted by atomic mass is 32.1. The van der Waals surface area contributed by atoms with E-state index < -0.39 is 11.9 Å². The second-order valence-corrected chi connectivity index (χ2v) is 5.94. The molecular formula is C14H14N4O5S. The number of rotatable bonds is 5. The largest absolute Gasteiger partial charge is 0.467 e. The number of hydrogen-bond acceptors (Lipinski definition) is 8. The van der Waals surface area contributed by atoms with Gasteiger partial charge in [0, 0.05) is 24.5 Å². The molecule has 1 fully saturated rings. The molecule has 0 saturated carbocycles. The lowest BCUT2D eigenvalue weighted by atomic mass is 10.1. The summed E-state index contributed by atoms with van der Waals surface area (Å²) in [5, 5.41) is 6.45. The maximum Gasteiger partial charge on any atom is 0.361 e. The average molecular weight is 350 g/mol. The van der Waals surface area contributed by atoms with Gasteiger partial charge in [0.2, 0.25) is 17.5 Å². The smallest absolute Gasteiger partial charge is 0.361 e. The van der Waals surface area contributed by atoms with Crippen molar-refractivity contribution in [3.05, 3.63) is 29.9 Å². The summed E-state index contributed by atoms with van der Waals surface area (Å²) in [7, 11) is 1.22. The molecule has 0 aliphatic carbocycles. The number of likely N-dealkylation sites (tertiary alicyclic amines) is 1. The molecule has 0 aromatic carbocycles. The highest BCUT2D eigenvalue weighted by Gasteiger charge is 2.35. The summed E-state index contributed by atoms with van der Waals surface area (Å²) in [5.41, 5.74) is -0.0485. The number of amides is 2. The minimum absolute atomic E-state index is 0.0485. The molecule has 10 heteroatoms. The van der Waals surface area contributed by atoms with Gasteiger partial charge in [0.25, 0.3) is 0 Å². The highest BCUT2D eigenvalue weighted by Crippen LogP contribution is 2.24. The molecule has 2 aromatic rings. The molecule has 2 amide bonds.